The average molecular weight is 436 g/mol. The number of benzene rings is 1. The second kappa shape index (κ2) is 9.37. The van der Waals surface area contributed by atoms with Crippen LogP contribution in [0.4, 0.5) is 0 Å². The highest BCUT2D eigenvalue weighted by molar-refractivity contribution is 7.89. The van der Waals surface area contributed by atoms with Crippen LogP contribution in [-0.2, 0) is 21.2 Å². The summed E-state index contributed by atoms with van der Waals surface area (Å²) in [6, 6.07) is 6.95. The van der Waals surface area contributed by atoms with E-state index in [0.717, 1.165) is 31.5 Å². The summed E-state index contributed by atoms with van der Waals surface area (Å²) in [5, 5.41) is 3.10. The highest BCUT2D eigenvalue weighted by Gasteiger charge is 2.33. The Morgan fingerprint density at radius 2 is 1.70 bits per heavy atom. The van der Waals surface area contributed by atoms with E-state index in [4.69, 9.17) is 0 Å². The van der Waals surface area contributed by atoms with E-state index in [9.17, 15) is 13.2 Å². The average Bonchev–Trinajstić information content (AvgIpc) is 3.47. The lowest BCUT2D eigenvalue weighted by Gasteiger charge is -2.45. The van der Waals surface area contributed by atoms with Crippen molar-refractivity contribution in [3.63, 3.8) is 0 Å². The van der Waals surface area contributed by atoms with Crippen molar-refractivity contribution in [3.8, 4) is 0 Å². The molecule has 1 heterocycles. The summed E-state index contributed by atoms with van der Waals surface area (Å²) in [5.74, 6) is 1.42. The molecule has 2 fully saturated rings. The van der Waals surface area contributed by atoms with Gasteiger partial charge in [0.25, 0.3) is 0 Å². The lowest BCUT2D eigenvalue weighted by atomic mass is 9.88. The molecule has 0 aromatic heterocycles. The normalized spacial score (nSPS) is 23.3. The van der Waals surface area contributed by atoms with E-state index in [-0.39, 0.29) is 22.4 Å². The summed E-state index contributed by atoms with van der Waals surface area (Å²) in [7, 11) is -3.42. The van der Waals surface area contributed by atoms with E-state index < -0.39 is 10.0 Å². The van der Waals surface area contributed by atoms with Crippen molar-refractivity contribution in [1.82, 2.24) is 14.9 Å². The van der Waals surface area contributed by atoms with Crippen LogP contribution in [-0.4, -0.2) is 50.4 Å². The first kappa shape index (κ1) is 23.2. The van der Waals surface area contributed by atoms with Gasteiger partial charge in [-0.15, -0.1) is 0 Å². The van der Waals surface area contributed by atoms with Crippen molar-refractivity contribution in [3.05, 3.63) is 29.8 Å². The Bertz CT molecular complexity index is 822. The lowest BCUT2D eigenvalue weighted by Crippen LogP contribution is -2.56. The van der Waals surface area contributed by atoms with Gasteiger partial charge in [0.05, 0.1) is 4.90 Å². The lowest BCUT2D eigenvalue weighted by molar-refractivity contribution is -0.121. The number of aryl methyl sites for hydroxylation is 1. The number of likely N-dealkylation sites (tertiary alicyclic amines) is 1. The van der Waals surface area contributed by atoms with Gasteiger partial charge in [0.2, 0.25) is 15.9 Å². The third-order valence-electron chi connectivity index (χ3n) is 6.22. The Hall–Kier alpha value is -1.44. The fourth-order valence-corrected chi connectivity index (χ4v) is 5.56. The van der Waals surface area contributed by atoms with E-state index in [0.29, 0.717) is 31.2 Å². The predicted octanol–water partition coefficient (Wildman–Crippen LogP) is 2.93. The summed E-state index contributed by atoms with van der Waals surface area (Å²) < 4.78 is 27.1. The van der Waals surface area contributed by atoms with Gasteiger partial charge in [-0.25, -0.2) is 13.1 Å². The van der Waals surface area contributed by atoms with E-state index >= 15 is 0 Å². The number of nitrogens with one attached hydrogen (secondary N) is 2. The van der Waals surface area contributed by atoms with Gasteiger partial charge in [0.1, 0.15) is 0 Å². The molecule has 6 nitrogen and oxygen atoms in total. The van der Waals surface area contributed by atoms with Crippen LogP contribution in [0.5, 0.6) is 0 Å². The number of carbonyl (C=O) groups excluding carboxylic acids is 1. The topological polar surface area (TPSA) is 78.5 Å². The summed E-state index contributed by atoms with van der Waals surface area (Å²) >= 11 is 0. The van der Waals surface area contributed by atoms with Crippen LogP contribution >= 0.6 is 0 Å². The highest BCUT2D eigenvalue weighted by Crippen LogP contribution is 2.27. The number of sulfonamides is 1. The van der Waals surface area contributed by atoms with Crippen LogP contribution in [0, 0.1) is 11.8 Å². The van der Waals surface area contributed by atoms with E-state index in [1.165, 1.54) is 6.42 Å². The maximum atomic E-state index is 12.4. The van der Waals surface area contributed by atoms with Gasteiger partial charge in [-0.3, -0.25) is 9.69 Å². The van der Waals surface area contributed by atoms with Crippen LogP contribution in [0.25, 0.3) is 0 Å². The van der Waals surface area contributed by atoms with Gasteiger partial charge in [-0.1, -0.05) is 26.0 Å². The van der Waals surface area contributed by atoms with E-state index in [1.807, 2.05) is 0 Å². The summed E-state index contributed by atoms with van der Waals surface area (Å²) in [6.45, 7) is 11.8. The molecule has 1 aromatic carbocycles. The molecule has 1 amide bonds. The third-order valence-corrected chi connectivity index (χ3v) is 7.75. The first-order valence-corrected chi connectivity index (χ1v) is 12.7. The Morgan fingerprint density at radius 1 is 1.10 bits per heavy atom. The minimum atomic E-state index is -3.42. The molecule has 1 saturated heterocycles. The number of hydrogen-bond acceptors (Lipinski definition) is 4. The van der Waals surface area contributed by atoms with Crippen molar-refractivity contribution in [1.29, 1.82) is 0 Å². The SMILES string of the molecule is CC1CC(C)CN(C(C)(C)CNC(=O)CCc2ccc(S(=O)(=O)NC3CC3)cc2)C1. The van der Waals surface area contributed by atoms with Gasteiger partial charge >= 0.3 is 0 Å². The first-order chi connectivity index (χ1) is 14.0. The summed E-state index contributed by atoms with van der Waals surface area (Å²) in [5.41, 5.74) is 0.900. The van der Waals surface area contributed by atoms with Crippen LogP contribution in [0.1, 0.15) is 58.9 Å². The molecule has 1 saturated carbocycles. The predicted molar refractivity (Wildman–Crippen MR) is 120 cm³/mol. The quantitative estimate of drug-likeness (QED) is 0.625. The largest absolute Gasteiger partial charge is 0.354 e. The van der Waals surface area contributed by atoms with Crippen molar-refractivity contribution < 1.29 is 13.2 Å². The van der Waals surface area contributed by atoms with Gasteiger partial charge in [-0.2, -0.15) is 0 Å². The molecule has 168 valence electrons. The molecule has 0 radical (unpaired) electrons. The summed E-state index contributed by atoms with van der Waals surface area (Å²) in [4.78, 5) is 15.2. The van der Waals surface area contributed by atoms with E-state index in [2.05, 4.69) is 42.6 Å². The van der Waals surface area contributed by atoms with Crippen molar-refractivity contribution >= 4 is 15.9 Å². The molecule has 2 aliphatic rings. The molecule has 2 N–H and O–H groups in total. The Balaban J connectivity index is 1.45. The molecular formula is C23H37N3O3S. The molecule has 0 bridgehead atoms. The number of amides is 1. The second-order valence-electron chi connectivity index (χ2n) is 9.98. The second-order valence-corrected chi connectivity index (χ2v) is 11.7. The van der Waals surface area contributed by atoms with Crippen LogP contribution < -0.4 is 10.0 Å². The maximum absolute atomic E-state index is 12.4. The highest BCUT2D eigenvalue weighted by atomic mass is 32.2. The van der Waals surface area contributed by atoms with Crippen LogP contribution in [0.15, 0.2) is 29.2 Å². The zero-order valence-corrected chi connectivity index (χ0v) is 19.6. The van der Waals surface area contributed by atoms with Gasteiger partial charge in [0.15, 0.2) is 0 Å². The Morgan fingerprint density at radius 3 is 2.27 bits per heavy atom. The van der Waals surface area contributed by atoms with E-state index in [1.54, 1.807) is 24.3 Å². The number of hydrogen-bond donors (Lipinski definition) is 2. The smallest absolute Gasteiger partial charge is 0.240 e. The van der Waals surface area contributed by atoms with Crippen molar-refractivity contribution in [2.45, 2.75) is 76.3 Å². The maximum Gasteiger partial charge on any atom is 0.240 e. The minimum Gasteiger partial charge on any atom is -0.354 e. The van der Waals surface area contributed by atoms with Gasteiger partial charge in [0, 0.05) is 37.6 Å². The van der Waals surface area contributed by atoms with Crippen LogP contribution in [0.2, 0.25) is 0 Å². The standard InChI is InChI=1S/C23H37N3O3S/c1-17-13-18(2)15-26(14-17)23(3,4)16-24-22(27)12-7-19-5-10-21(11-6-19)30(28,29)25-20-8-9-20/h5-6,10-11,17-18,20,25H,7-9,12-16H2,1-4H3,(H,24,27). The fourth-order valence-electron chi connectivity index (χ4n) is 4.25. The Kier molecular flexibility index (Phi) is 7.25. The summed E-state index contributed by atoms with van der Waals surface area (Å²) in [6.07, 6.45) is 4.10. The molecule has 30 heavy (non-hydrogen) atoms. The fraction of sp³-hybridized carbons (Fsp3) is 0.696. The number of piperidine rings is 1. The van der Waals surface area contributed by atoms with Crippen molar-refractivity contribution in [2.75, 3.05) is 19.6 Å². The molecule has 2 unspecified atom stereocenters. The molecule has 1 aromatic rings. The molecule has 0 spiro atoms. The molecular weight excluding hydrogens is 398 g/mol. The van der Waals surface area contributed by atoms with Crippen molar-refractivity contribution in [2.24, 2.45) is 11.8 Å². The minimum absolute atomic E-state index is 0.0354. The molecule has 3 rings (SSSR count). The monoisotopic (exact) mass is 435 g/mol. The van der Waals surface area contributed by atoms with Crippen LogP contribution in [0.3, 0.4) is 0 Å². The van der Waals surface area contributed by atoms with Gasteiger partial charge < -0.3 is 5.32 Å². The zero-order chi connectivity index (χ0) is 21.9. The Labute approximate surface area is 181 Å². The molecule has 7 heteroatoms. The van der Waals surface area contributed by atoms with Gasteiger partial charge in [-0.05, 0) is 69.1 Å². The third kappa shape index (κ3) is 6.53. The molecule has 1 aliphatic heterocycles. The number of nitrogens with zero attached hydrogens (tertiary/aromatic N) is 1. The number of rotatable bonds is 9. The molecule has 2 atom stereocenters. The zero-order valence-electron chi connectivity index (χ0n) is 18.8. The first-order valence-electron chi connectivity index (χ1n) is 11.2. The molecule has 1 aliphatic carbocycles. The number of carbonyl (C=O) groups is 1.